The highest BCUT2D eigenvalue weighted by atomic mass is 16.3. The molecule has 4 fully saturated rings. The fourth-order valence-corrected chi connectivity index (χ4v) is 7.54. The quantitative estimate of drug-likeness (QED) is 0.781. The Kier molecular flexibility index (Phi) is 2.99. The van der Waals surface area contributed by atoms with Crippen molar-refractivity contribution in [2.75, 3.05) is 6.61 Å². The molecule has 0 radical (unpaired) electrons. The molecular weight excluding hydrogens is 286 g/mol. The Labute approximate surface area is 138 Å². The molecule has 4 saturated carbocycles. The van der Waals surface area contributed by atoms with Crippen molar-refractivity contribution in [1.82, 2.24) is 0 Å². The molecule has 3 N–H and O–H groups in total. The summed E-state index contributed by atoms with van der Waals surface area (Å²) in [5.74, 6) is 4.93. The predicted octanol–water partition coefficient (Wildman–Crippen LogP) is 2.53. The van der Waals surface area contributed by atoms with Crippen LogP contribution < -0.4 is 5.73 Å². The van der Waals surface area contributed by atoms with Crippen molar-refractivity contribution in [3.05, 3.63) is 11.6 Å². The minimum Gasteiger partial charge on any atom is -0.396 e. The number of hydrogen-bond donors (Lipinski definition) is 2. The molecule has 0 spiro atoms. The van der Waals surface area contributed by atoms with E-state index in [1.54, 1.807) is 0 Å². The second kappa shape index (κ2) is 4.70. The average Bonchev–Trinajstić information content (AvgIpc) is 3.28. The van der Waals surface area contributed by atoms with Crippen molar-refractivity contribution in [1.29, 1.82) is 0 Å². The van der Waals surface area contributed by atoms with Crippen LogP contribution in [0.5, 0.6) is 0 Å². The summed E-state index contributed by atoms with van der Waals surface area (Å²) in [6.45, 7) is 2.66. The van der Waals surface area contributed by atoms with Crippen molar-refractivity contribution in [3.63, 3.8) is 0 Å². The van der Waals surface area contributed by atoms with Gasteiger partial charge in [0.15, 0.2) is 5.78 Å². The number of aliphatic hydroxyl groups excluding tert-OH is 1. The molecular formula is C20H29NO2. The highest BCUT2D eigenvalue weighted by Gasteiger charge is 2.68. The Morgan fingerprint density at radius 1 is 1.22 bits per heavy atom. The molecule has 5 rings (SSSR count). The van der Waals surface area contributed by atoms with E-state index in [-0.39, 0.29) is 18.3 Å². The van der Waals surface area contributed by atoms with Crippen molar-refractivity contribution in [2.45, 2.75) is 51.5 Å². The fourth-order valence-electron chi connectivity index (χ4n) is 7.54. The summed E-state index contributed by atoms with van der Waals surface area (Å²) in [4.78, 5) is 11.9. The molecule has 126 valence electrons. The van der Waals surface area contributed by atoms with Crippen LogP contribution >= 0.6 is 0 Å². The maximum atomic E-state index is 11.9. The molecule has 0 aliphatic heterocycles. The first kappa shape index (κ1) is 14.7. The third-order valence-corrected chi connectivity index (χ3v) is 8.59. The van der Waals surface area contributed by atoms with Crippen molar-refractivity contribution in [3.8, 4) is 0 Å². The van der Waals surface area contributed by atoms with E-state index >= 15 is 0 Å². The molecule has 5 aliphatic carbocycles. The zero-order valence-electron chi connectivity index (χ0n) is 14.1. The molecule has 23 heavy (non-hydrogen) atoms. The number of rotatable bonds is 1. The molecule has 9 atom stereocenters. The van der Waals surface area contributed by atoms with Gasteiger partial charge in [0.05, 0.1) is 0 Å². The van der Waals surface area contributed by atoms with E-state index in [0.29, 0.717) is 23.8 Å². The molecule has 0 aromatic heterocycles. The van der Waals surface area contributed by atoms with Gasteiger partial charge in [0.2, 0.25) is 0 Å². The summed E-state index contributed by atoms with van der Waals surface area (Å²) in [7, 11) is 0. The first-order chi connectivity index (χ1) is 11.0. The Balaban J connectivity index is 1.52. The van der Waals surface area contributed by atoms with Gasteiger partial charge in [0.1, 0.15) is 0 Å². The monoisotopic (exact) mass is 315 g/mol. The van der Waals surface area contributed by atoms with Gasteiger partial charge in [0, 0.05) is 25.0 Å². The highest BCUT2D eigenvalue weighted by Crippen LogP contribution is 2.71. The summed E-state index contributed by atoms with van der Waals surface area (Å²) in [6.07, 6.45) is 8.62. The van der Waals surface area contributed by atoms with Crippen LogP contribution in [0.2, 0.25) is 0 Å². The van der Waals surface area contributed by atoms with Gasteiger partial charge in [-0.25, -0.2) is 0 Å². The smallest absolute Gasteiger partial charge is 0.155 e. The molecule has 0 unspecified atom stereocenters. The maximum Gasteiger partial charge on any atom is 0.155 e. The Morgan fingerprint density at radius 3 is 2.78 bits per heavy atom. The second-order valence-corrected chi connectivity index (χ2v) is 9.36. The van der Waals surface area contributed by atoms with Crippen LogP contribution in [-0.4, -0.2) is 23.5 Å². The molecule has 5 aliphatic rings. The van der Waals surface area contributed by atoms with E-state index in [1.165, 1.54) is 24.8 Å². The lowest BCUT2D eigenvalue weighted by molar-refractivity contribution is -0.116. The number of fused-ring (bicyclic) bond motifs is 7. The topological polar surface area (TPSA) is 63.3 Å². The number of nitrogens with two attached hydrogens (primary N) is 1. The highest BCUT2D eigenvalue weighted by molar-refractivity contribution is 5.91. The lowest BCUT2D eigenvalue weighted by Crippen LogP contribution is -2.53. The molecule has 0 amide bonds. The number of carbonyl (C=O) groups excluding carboxylic acids is 1. The maximum absolute atomic E-state index is 11.9. The van der Waals surface area contributed by atoms with Gasteiger partial charge < -0.3 is 10.8 Å². The average molecular weight is 315 g/mol. The minimum atomic E-state index is 0.211. The van der Waals surface area contributed by atoms with Crippen LogP contribution in [0.1, 0.15) is 45.4 Å². The SMILES string of the molecule is C[C@]12CC[C@H]3[C@@H](C[C@@H](CO)C4=CC(=O)CC[C@@H]43)[C@@H]1[C@@H]1C[C@@H]1[C@@H]2N. The van der Waals surface area contributed by atoms with Gasteiger partial charge in [-0.1, -0.05) is 12.5 Å². The Morgan fingerprint density at radius 2 is 2.00 bits per heavy atom. The van der Waals surface area contributed by atoms with Crippen LogP contribution in [-0.2, 0) is 4.79 Å². The third-order valence-electron chi connectivity index (χ3n) is 8.59. The number of aliphatic hydroxyl groups is 1. The summed E-state index contributed by atoms with van der Waals surface area (Å²) >= 11 is 0. The summed E-state index contributed by atoms with van der Waals surface area (Å²) in [6, 6.07) is 0.399. The lowest BCUT2D eigenvalue weighted by atomic mass is 9.49. The van der Waals surface area contributed by atoms with Gasteiger partial charge in [-0.05, 0) is 79.1 Å². The van der Waals surface area contributed by atoms with Crippen molar-refractivity contribution < 1.29 is 9.90 Å². The van der Waals surface area contributed by atoms with E-state index in [2.05, 4.69) is 6.92 Å². The number of hydrogen-bond acceptors (Lipinski definition) is 3. The molecule has 3 nitrogen and oxygen atoms in total. The number of carbonyl (C=O) groups is 1. The Hall–Kier alpha value is -0.670. The largest absolute Gasteiger partial charge is 0.396 e. The van der Waals surface area contributed by atoms with Gasteiger partial charge >= 0.3 is 0 Å². The first-order valence-electron chi connectivity index (χ1n) is 9.65. The minimum absolute atomic E-state index is 0.211. The molecule has 3 heteroatoms. The van der Waals surface area contributed by atoms with Crippen LogP contribution in [0, 0.1) is 46.8 Å². The van der Waals surface area contributed by atoms with Gasteiger partial charge in [-0.15, -0.1) is 0 Å². The van der Waals surface area contributed by atoms with E-state index < -0.39 is 0 Å². The second-order valence-electron chi connectivity index (χ2n) is 9.36. The zero-order valence-corrected chi connectivity index (χ0v) is 14.1. The van der Waals surface area contributed by atoms with E-state index in [4.69, 9.17) is 5.73 Å². The molecule has 0 aromatic carbocycles. The zero-order chi connectivity index (χ0) is 15.9. The van der Waals surface area contributed by atoms with Crippen LogP contribution in [0.15, 0.2) is 11.6 Å². The lowest BCUT2D eigenvalue weighted by Gasteiger charge is -2.56. The van der Waals surface area contributed by atoms with E-state index in [1.807, 2.05) is 6.08 Å². The molecule has 0 heterocycles. The Bertz CT molecular complexity index is 584. The number of ketones is 1. The van der Waals surface area contributed by atoms with Crippen molar-refractivity contribution >= 4 is 5.78 Å². The van der Waals surface area contributed by atoms with Crippen LogP contribution in [0.4, 0.5) is 0 Å². The first-order valence-corrected chi connectivity index (χ1v) is 9.65. The van der Waals surface area contributed by atoms with Crippen LogP contribution in [0.25, 0.3) is 0 Å². The summed E-state index contributed by atoms with van der Waals surface area (Å²) in [5.41, 5.74) is 8.27. The van der Waals surface area contributed by atoms with Gasteiger partial charge in [-0.3, -0.25) is 4.79 Å². The van der Waals surface area contributed by atoms with Gasteiger partial charge in [0.25, 0.3) is 0 Å². The summed E-state index contributed by atoms with van der Waals surface area (Å²) < 4.78 is 0. The third kappa shape index (κ3) is 1.81. The fraction of sp³-hybridized carbons (Fsp3) is 0.850. The normalized spacial score (nSPS) is 57.0. The molecule has 0 saturated heterocycles. The summed E-state index contributed by atoms with van der Waals surface area (Å²) in [5, 5.41) is 9.96. The van der Waals surface area contributed by atoms with Crippen LogP contribution in [0.3, 0.4) is 0 Å². The predicted molar refractivity (Wildman–Crippen MR) is 88.4 cm³/mol. The van der Waals surface area contributed by atoms with E-state index in [0.717, 1.165) is 42.4 Å². The molecule has 0 bridgehead atoms. The standard InChI is InChI=1S/C20H29NO2/c1-20-5-4-13-12-3-2-11(23)7-14(12)10(9-22)6-15(13)18(20)16-8-17(16)19(20)21/h7,10,12-13,15-19,22H,2-6,8-9,21H2,1H3/t10-,12+,13+,15+,16+,17-,18+,19-,20-/m0/s1. The van der Waals surface area contributed by atoms with Crippen molar-refractivity contribution in [2.24, 2.45) is 52.6 Å². The van der Waals surface area contributed by atoms with E-state index in [9.17, 15) is 9.90 Å². The molecule has 0 aromatic rings. The van der Waals surface area contributed by atoms with Gasteiger partial charge in [-0.2, -0.15) is 0 Å².